The third-order valence-corrected chi connectivity index (χ3v) is 9.41. The van der Waals surface area contributed by atoms with Gasteiger partial charge in [-0.05, 0) is 84.6 Å². The van der Waals surface area contributed by atoms with Crippen molar-refractivity contribution in [3.05, 3.63) is 112 Å². The number of fused-ring (bicyclic) bond motifs is 1. The van der Waals surface area contributed by atoms with E-state index in [1.165, 1.54) is 16.7 Å². The first-order valence-electron chi connectivity index (χ1n) is 13.2. The molecule has 0 saturated heterocycles. The number of nitrogens with one attached hydrogen (secondary N) is 1. The number of hydrogen-bond acceptors (Lipinski definition) is 2. The molecule has 1 heterocycles. The van der Waals surface area contributed by atoms with Gasteiger partial charge in [0.05, 0.1) is 6.42 Å². The van der Waals surface area contributed by atoms with Gasteiger partial charge in [-0.2, -0.15) is 11.8 Å². The van der Waals surface area contributed by atoms with E-state index in [1.807, 2.05) is 30.0 Å². The number of benzene rings is 3. The molecule has 39 heavy (non-hydrogen) atoms. The molecule has 3 aromatic carbocycles. The van der Waals surface area contributed by atoms with Gasteiger partial charge in [0, 0.05) is 72.3 Å². The van der Waals surface area contributed by atoms with E-state index in [2.05, 4.69) is 84.7 Å². The summed E-state index contributed by atoms with van der Waals surface area (Å²) in [5, 5.41) is 11.5. The summed E-state index contributed by atoms with van der Waals surface area (Å²) in [5.74, 6) is 0.214. The van der Waals surface area contributed by atoms with Gasteiger partial charge < -0.3 is 5.11 Å². The van der Waals surface area contributed by atoms with Gasteiger partial charge >= 0.3 is 5.97 Å². The summed E-state index contributed by atoms with van der Waals surface area (Å²) in [6, 6.07) is 27.4. The van der Waals surface area contributed by atoms with E-state index in [9.17, 15) is 9.90 Å². The Morgan fingerprint density at radius 2 is 1.85 bits per heavy atom. The largest absolute Gasteiger partial charge is 0.481 e. The number of thioether (sulfide) groups is 1. The Kier molecular flexibility index (Phi) is 10.5. The van der Waals surface area contributed by atoms with Gasteiger partial charge in [-0.3, -0.25) is 4.79 Å². The Morgan fingerprint density at radius 3 is 2.62 bits per heavy atom. The molecule has 197 valence electrons. The number of rotatable bonds is 11. The van der Waals surface area contributed by atoms with Crippen LogP contribution in [0.2, 0.25) is 5.02 Å². The number of carbonyl (C=O) groups is 1. The second kappa shape index (κ2) is 13.6. The third kappa shape index (κ3) is 8.27. The molecule has 1 saturated carbocycles. The first-order chi connectivity index (χ1) is 18.4. The van der Waals surface area contributed by atoms with Crippen LogP contribution in [0.5, 0.6) is 0 Å². The Balaban J connectivity index is 0.00000353. The number of carboxylic acid groups (broad SMARTS) is 1. The molecule has 0 amide bonds. The molecule has 0 unspecified atom stereocenters. The third-order valence-electron chi connectivity index (χ3n) is 7.49. The second-order valence-electron chi connectivity index (χ2n) is 10.5. The van der Waals surface area contributed by atoms with Crippen LogP contribution < -0.4 is 4.98 Å². The topological polar surface area (TPSA) is 51.4 Å². The van der Waals surface area contributed by atoms with Crippen LogP contribution in [0.3, 0.4) is 0 Å². The Labute approximate surface area is 265 Å². The average Bonchev–Trinajstić information content (AvgIpc) is 3.67. The summed E-state index contributed by atoms with van der Waals surface area (Å²) >= 11 is 8.11. The molecule has 4 aromatic rings. The monoisotopic (exact) mass is 631 g/mol. The Morgan fingerprint density at radius 1 is 1.05 bits per heavy atom. The molecule has 6 heteroatoms. The van der Waals surface area contributed by atoms with Gasteiger partial charge in [-0.15, -0.1) is 0 Å². The molecular weight excluding hydrogens is 599 g/mol. The van der Waals surface area contributed by atoms with Crippen molar-refractivity contribution in [3.63, 3.8) is 0 Å². The van der Waals surface area contributed by atoms with E-state index in [4.69, 9.17) is 11.6 Å². The zero-order valence-corrected chi connectivity index (χ0v) is 26.6. The number of aromatic nitrogens is 1. The predicted octanol–water partition coefficient (Wildman–Crippen LogP) is 8.45. The average molecular weight is 632 g/mol. The van der Waals surface area contributed by atoms with Crippen LogP contribution in [0.15, 0.2) is 78.9 Å². The van der Waals surface area contributed by atoms with E-state index in [-0.39, 0.29) is 44.5 Å². The van der Waals surface area contributed by atoms with Crippen LogP contribution in [-0.2, 0) is 43.9 Å². The number of halogens is 1. The SMILES string of the molecule is Cc1ccccc1CC[C@@H](SCC1(CC(=O)O)CC1)c1cccc(/C=C/c2ccc3ccc(Cl)cc3[nH+]2)c1.[Y]. The number of H-pyrrole nitrogens is 1. The van der Waals surface area contributed by atoms with E-state index in [0.717, 1.165) is 53.6 Å². The molecule has 1 aliphatic carbocycles. The van der Waals surface area contributed by atoms with Crippen LogP contribution in [0.4, 0.5) is 0 Å². The molecule has 1 aliphatic rings. The normalized spacial score (nSPS) is 14.7. The standard InChI is InChI=1S/C33H32ClNO2S.Y/c1-23-5-2-3-7-25(23)12-16-31(38-22-33(17-18-33)21-32(36)37)27-8-4-6-24(19-27)9-14-29-15-11-26-10-13-28(34)20-30(26)35-29;/h2-11,13-15,19-20,31H,12,16-18,21-22H2,1H3,(H,36,37);/p+1/b14-9+;/t31-;/m1./s1. The number of pyridine rings is 1. The van der Waals surface area contributed by atoms with Crippen LogP contribution in [-0.4, -0.2) is 16.8 Å². The molecule has 1 radical (unpaired) electrons. The van der Waals surface area contributed by atoms with Gasteiger partial charge in [-0.25, -0.2) is 4.98 Å². The summed E-state index contributed by atoms with van der Waals surface area (Å²) in [7, 11) is 0. The fraction of sp³-hybridized carbons (Fsp3) is 0.273. The van der Waals surface area contributed by atoms with Crippen molar-refractivity contribution >= 4 is 52.4 Å². The fourth-order valence-corrected chi connectivity index (χ4v) is 6.72. The zero-order chi connectivity index (χ0) is 26.5. The van der Waals surface area contributed by atoms with Gasteiger partial charge in [0.2, 0.25) is 11.2 Å². The minimum atomic E-state index is -0.681. The minimum absolute atomic E-state index is 0. The maximum atomic E-state index is 11.4. The number of carboxylic acids is 1. The first kappa shape index (κ1) is 30.0. The molecule has 1 aromatic heterocycles. The molecule has 1 fully saturated rings. The van der Waals surface area contributed by atoms with Crippen molar-refractivity contribution in [2.24, 2.45) is 5.41 Å². The molecule has 0 spiro atoms. The van der Waals surface area contributed by atoms with E-state index < -0.39 is 5.97 Å². The molecule has 0 bridgehead atoms. The van der Waals surface area contributed by atoms with Crippen LogP contribution in [0.1, 0.15) is 58.9 Å². The number of aromatic amines is 1. The maximum Gasteiger partial charge on any atom is 0.303 e. The number of aryl methyl sites for hydroxylation is 2. The van der Waals surface area contributed by atoms with Crippen LogP contribution >= 0.6 is 23.4 Å². The maximum absolute atomic E-state index is 11.4. The van der Waals surface area contributed by atoms with Gasteiger partial charge in [0.15, 0.2) is 0 Å². The first-order valence-corrected chi connectivity index (χ1v) is 14.6. The smallest absolute Gasteiger partial charge is 0.303 e. The van der Waals surface area contributed by atoms with Crippen molar-refractivity contribution in [3.8, 4) is 0 Å². The van der Waals surface area contributed by atoms with E-state index >= 15 is 0 Å². The molecule has 5 rings (SSSR count). The number of aliphatic carboxylic acids is 1. The second-order valence-corrected chi connectivity index (χ2v) is 12.1. The summed E-state index contributed by atoms with van der Waals surface area (Å²) in [6.45, 7) is 2.17. The van der Waals surface area contributed by atoms with E-state index in [1.54, 1.807) is 0 Å². The quantitative estimate of drug-likeness (QED) is 0.181. The molecular formula is C33H33ClNO2SY+. The Bertz CT molecular complexity index is 1480. The van der Waals surface area contributed by atoms with Crippen molar-refractivity contribution in [1.29, 1.82) is 0 Å². The van der Waals surface area contributed by atoms with Crippen molar-refractivity contribution < 1.29 is 47.6 Å². The van der Waals surface area contributed by atoms with Crippen molar-refractivity contribution in [2.45, 2.75) is 44.3 Å². The molecule has 2 N–H and O–H groups in total. The predicted molar refractivity (Wildman–Crippen MR) is 160 cm³/mol. The van der Waals surface area contributed by atoms with Gasteiger partial charge in [-0.1, -0.05) is 60.1 Å². The molecule has 3 nitrogen and oxygen atoms in total. The summed E-state index contributed by atoms with van der Waals surface area (Å²) < 4.78 is 0. The van der Waals surface area contributed by atoms with Gasteiger partial charge in [0.25, 0.3) is 0 Å². The van der Waals surface area contributed by atoms with Crippen molar-refractivity contribution in [2.75, 3.05) is 5.75 Å². The summed E-state index contributed by atoms with van der Waals surface area (Å²) in [4.78, 5) is 14.9. The summed E-state index contributed by atoms with van der Waals surface area (Å²) in [5.41, 5.74) is 7.15. The van der Waals surface area contributed by atoms with E-state index in [0.29, 0.717) is 10.3 Å². The molecule has 1 atom stereocenters. The van der Waals surface area contributed by atoms with Crippen molar-refractivity contribution in [1.82, 2.24) is 0 Å². The van der Waals surface area contributed by atoms with Crippen LogP contribution in [0.25, 0.3) is 23.1 Å². The van der Waals surface area contributed by atoms with Crippen LogP contribution in [0, 0.1) is 12.3 Å². The van der Waals surface area contributed by atoms with Gasteiger partial charge in [0.1, 0.15) is 0 Å². The molecule has 0 aliphatic heterocycles. The number of hydrogen-bond donors (Lipinski definition) is 1. The zero-order valence-electron chi connectivity index (χ0n) is 22.2. The summed E-state index contributed by atoms with van der Waals surface area (Å²) in [6.07, 6.45) is 8.58. The Hall–Kier alpha value is -1.98. The fourth-order valence-electron chi connectivity index (χ4n) is 4.98. The minimum Gasteiger partial charge on any atom is -0.481 e.